The first-order chi connectivity index (χ1) is 16.4. The Balaban J connectivity index is 1.41. The van der Waals surface area contributed by atoms with Gasteiger partial charge in [0.1, 0.15) is 24.9 Å². The number of aryl methyl sites for hydroxylation is 1. The fourth-order valence-electron chi connectivity index (χ4n) is 4.38. The number of benzene rings is 1. The third-order valence-corrected chi connectivity index (χ3v) is 6.01. The summed E-state index contributed by atoms with van der Waals surface area (Å²) >= 11 is 0. The third kappa shape index (κ3) is 4.76. The quantitative estimate of drug-likeness (QED) is 0.597. The molecule has 1 aromatic heterocycles. The molecule has 0 N–H and O–H groups in total. The first-order valence-electron chi connectivity index (χ1n) is 11.6. The van der Waals surface area contributed by atoms with Gasteiger partial charge in [0.05, 0.1) is 32.6 Å². The summed E-state index contributed by atoms with van der Waals surface area (Å²) in [6.07, 6.45) is -0.591. The highest BCUT2D eigenvalue weighted by Gasteiger charge is 2.50. The summed E-state index contributed by atoms with van der Waals surface area (Å²) in [5, 5.41) is 0. The Bertz CT molecular complexity index is 1010. The van der Waals surface area contributed by atoms with E-state index in [-0.39, 0.29) is 24.9 Å². The van der Waals surface area contributed by atoms with Crippen LogP contribution in [0.15, 0.2) is 24.3 Å². The van der Waals surface area contributed by atoms with E-state index in [0.29, 0.717) is 67.7 Å². The molecule has 1 aromatic carbocycles. The highest BCUT2D eigenvalue weighted by atomic mass is 16.8. The lowest BCUT2D eigenvalue weighted by Gasteiger charge is -2.28. The molecule has 184 valence electrons. The van der Waals surface area contributed by atoms with Crippen molar-refractivity contribution in [1.29, 1.82) is 0 Å². The van der Waals surface area contributed by atoms with Gasteiger partial charge in [0.2, 0.25) is 11.7 Å². The maximum Gasteiger partial charge on any atom is 0.263 e. The normalized spacial score (nSPS) is 25.8. The molecule has 0 unspecified atom stereocenters. The van der Waals surface area contributed by atoms with E-state index in [4.69, 9.17) is 43.1 Å². The van der Waals surface area contributed by atoms with Gasteiger partial charge in [0.25, 0.3) is 5.88 Å². The van der Waals surface area contributed by atoms with Gasteiger partial charge in [-0.05, 0) is 32.9 Å². The van der Waals surface area contributed by atoms with Crippen molar-refractivity contribution in [3.63, 3.8) is 0 Å². The summed E-state index contributed by atoms with van der Waals surface area (Å²) in [6, 6.07) is 7.42. The molecule has 0 bridgehead atoms. The van der Waals surface area contributed by atoms with Gasteiger partial charge in [-0.25, -0.2) is 4.98 Å². The number of morpholine rings is 1. The van der Waals surface area contributed by atoms with Gasteiger partial charge in [0.15, 0.2) is 17.3 Å². The highest BCUT2D eigenvalue weighted by molar-refractivity contribution is 5.49. The molecular weight excluding hydrogens is 442 g/mol. The van der Waals surface area contributed by atoms with Crippen molar-refractivity contribution in [1.82, 2.24) is 9.97 Å². The fourth-order valence-corrected chi connectivity index (χ4v) is 4.38. The Labute approximate surface area is 199 Å². The van der Waals surface area contributed by atoms with E-state index in [1.54, 1.807) is 7.11 Å². The molecule has 10 heteroatoms. The third-order valence-electron chi connectivity index (χ3n) is 6.01. The van der Waals surface area contributed by atoms with Gasteiger partial charge >= 0.3 is 0 Å². The fraction of sp³-hybridized carbons (Fsp3) is 0.583. The SMILES string of the molecule is COc1ccccc1Oc1c(C)nc(N2CCOCC2)nc1OC[C@H]1OC[C@@H]2OC(C)(C)O[C@@H]21. The Kier molecular flexibility index (Phi) is 6.48. The van der Waals surface area contributed by atoms with Crippen molar-refractivity contribution in [3.8, 4) is 23.1 Å². The minimum Gasteiger partial charge on any atom is -0.493 e. The summed E-state index contributed by atoms with van der Waals surface area (Å²) in [6.45, 7) is 9.07. The van der Waals surface area contributed by atoms with Crippen LogP contribution in [-0.2, 0) is 18.9 Å². The van der Waals surface area contributed by atoms with E-state index in [1.165, 1.54) is 0 Å². The van der Waals surface area contributed by atoms with Crippen LogP contribution in [0, 0.1) is 6.92 Å². The van der Waals surface area contributed by atoms with Gasteiger partial charge in [-0.1, -0.05) is 12.1 Å². The van der Waals surface area contributed by atoms with E-state index < -0.39 is 5.79 Å². The lowest BCUT2D eigenvalue weighted by molar-refractivity contribution is -0.177. The summed E-state index contributed by atoms with van der Waals surface area (Å²) in [7, 11) is 1.60. The zero-order valence-electron chi connectivity index (χ0n) is 20.0. The monoisotopic (exact) mass is 473 g/mol. The number of nitrogens with zero attached hydrogens (tertiary/aromatic N) is 3. The molecule has 0 radical (unpaired) electrons. The Hall–Kier alpha value is -2.66. The van der Waals surface area contributed by atoms with E-state index >= 15 is 0 Å². The zero-order chi connectivity index (χ0) is 23.7. The van der Waals surface area contributed by atoms with Crippen LogP contribution in [0.25, 0.3) is 0 Å². The molecule has 3 fully saturated rings. The Morgan fingerprint density at radius 2 is 1.85 bits per heavy atom. The van der Waals surface area contributed by atoms with Crippen molar-refractivity contribution in [2.45, 2.75) is 44.9 Å². The summed E-state index contributed by atoms with van der Waals surface area (Å²) in [5.41, 5.74) is 0.657. The van der Waals surface area contributed by atoms with Crippen LogP contribution >= 0.6 is 0 Å². The van der Waals surface area contributed by atoms with Crippen LogP contribution in [0.5, 0.6) is 23.1 Å². The second-order valence-corrected chi connectivity index (χ2v) is 8.92. The minimum atomic E-state index is -0.634. The number of rotatable bonds is 7. The Morgan fingerprint density at radius 1 is 1.09 bits per heavy atom. The van der Waals surface area contributed by atoms with Crippen molar-refractivity contribution >= 4 is 5.95 Å². The van der Waals surface area contributed by atoms with Gasteiger partial charge in [-0.15, -0.1) is 0 Å². The minimum absolute atomic E-state index is 0.107. The zero-order valence-corrected chi connectivity index (χ0v) is 20.0. The molecule has 0 aliphatic carbocycles. The van der Waals surface area contributed by atoms with E-state index in [2.05, 4.69) is 4.90 Å². The first kappa shape index (κ1) is 23.1. The van der Waals surface area contributed by atoms with Crippen molar-refractivity contribution in [2.75, 3.05) is 51.5 Å². The smallest absolute Gasteiger partial charge is 0.263 e. The van der Waals surface area contributed by atoms with Gasteiger partial charge in [-0.3, -0.25) is 0 Å². The largest absolute Gasteiger partial charge is 0.493 e. The van der Waals surface area contributed by atoms with Crippen molar-refractivity contribution in [2.24, 2.45) is 0 Å². The van der Waals surface area contributed by atoms with Crippen molar-refractivity contribution in [3.05, 3.63) is 30.0 Å². The van der Waals surface area contributed by atoms with Crippen molar-refractivity contribution < 1.29 is 33.2 Å². The second-order valence-electron chi connectivity index (χ2n) is 8.92. The standard InChI is InChI=1S/C24H31N3O7/c1-15-20(32-17-8-6-5-7-16(17)28-4)22(26-23(25-15)27-9-11-29-12-10-27)31-13-18-21-19(14-30-18)33-24(2,3)34-21/h5-8,18-19,21H,9-14H2,1-4H3/t18-,19+,21-/m1/s1. The van der Waals surface area contributed by atoms with Crippen LogP contribution in [0.4, 0.5) is 5.95 Å². The first-order valence-corrected chi connectivity index (χ1v) is 11.6. The molecule has 10 nitrogen and oxygen atoms in total. The number of methoxy groups -OCH3 is 1. The number of aromatic nitrogens is 2. The predicted molar refractivity (Wildman–Crippen MR) is 122 cm³/mol. The molecule has 5 rings (SSSR count). The van der Waals surface area contributed by atoms with Crippen LogP contribution in [-0.4, -0.2) is 80.7 Å². The Morgan fingerprint density at radius 3 is 2.62 bits per heavy atom. The van der Waals surface area contributed by atoms with Crippen LogP contribution in [0.3, 0.4) is 0 Å². The van der Waals surface area contributed by atoms with Crippen LogP contribution in [0.2, 0.25) is 0 Å². The number of hydrogen-bond donors (Lipinski definition) is 0. The lowest BCUT2D eigenvalue weighted by atomic mass is 10.2. The molecule has 3 aliphatic rings. The van der Waals surface area contributed by atoms with E-state index in [1.807, 2.05) is 45.0 Å². The van der Waals surface area contributed by atoms with Gasteiger partial charge in [-0.2, -0.15) is 4.98 Å². The molecule has 3 atom stereocenters. The molecule has 0 amide bonds. The average molecular weight is 474 g/mol. The average Bonchev–Trinajstić information content (AvgIpc) is 3.35. The van der Waals surface area contributed by atoms with E-state index in [9.17, 15) is 0 Å². The van der Waals surface area contributed by atoms with Gasteiger partial charge in [0, 0.05) is 13.1 Å². The maximum absolute atomic E-state index is 6.22. The highest BCUT2D eigenvalue weighted by Crippen LogP contribution is 2.39. The van der Waals surface area contributed by atoms with Crippen LogP contribution in [0.1, 0.15) is 19.5 Å². The predicted octanol–water partition coefficient (Wildman–Crippen LogP) is 2.72. The number of hydrogen-bond acceptors (Lipinski definition) is 10. The van der Waals surface area contributed by atoms with Crippen LogP contribution < -0.4 is 19.1 Å². The molecule has 2 aromatic rings. The molecular formula is C24H31N3O7. The maximum atomic E-state index is 6.22. The molecule has 3 saturated heterocycles. The topological polar surface area (TPSA) is 93.6 Å². The number of ether oxygens (including phenoxy) is 7. The number of anilines is 1. The van der Waals surface area contributed by atoms with E-state index in [0.717, 1.165) is 0 Å². The summed E-state index contributed by atoms with van der Waals surface area (Å²) < 4.78 is 41.2. The number of fused-ring (bicyclic) bond motifs is 1. The molecule has 0 saturated carbocycles. The number of para-hydroxylation sites is 2. The van der Waals surface area contributed by atoms with Gasteiger partial charge < -0.3 is 38.1 Å². The second kappa shape index (κ2) is 9.53. The molecule has 0 spiro atoms. The molecule has 3 aliphatic heterocycles. The summed E-state index contributed by atoms with van der Waals surface area (Å²) in [4.78, 5) is 11.5. The lowest BCUT2D eigenvalue weighted by Crippen LogP contribution is -2.37. The molecule has 34 heavy (non-hydrogen) atoms. The molecule has 4 heterocycles. The summed E-state index contributed by atoms with van der Waals surface area (Å²) in [5.74, 6) is 1.86.